The molecule has 1 aromatic carbocycles. The summed E-state index contributed by atoms with van der Waals surface area (Å²) in [6, 6.07) is 8.37. The van der Waals surface area contributed by atoms with Crippen LogP contribution < -0.4 is 4.74 Å². The first kappa shape index (κ1) is 18.0. The number of nitrogens with zero attached hydrogens (tertiary/aromatic N) is 3. The molecule has 1 aromatic heterocycles. The van der Waals surface area contributed by atoms with Gasteiger partial charge in [-0.15, -0.1) is 0 Å². The number of hydrogen-bond acceptors (Lipinski definition) is 4. The third-order valence-electron chi connectivity index (χ3n) is 5.13. The highest BCUT2D eigenvalue weighted by Gasteiger charge is 2.23. The van der Waals surface area contributed by atoms with E-state index in [0.29, 0.717) is 12.5 Å². The molecule has 2 heterocycles. The fraction of sp³-hybridized carbons (Fsp3) is 0.550. The Hall–Kier alpha value is -1.85. The first-order valence-corrected chi connectivity index (χ1v) is 9.23. The standard InChI is InChI=1S/C20H29N3O2/c1-16-4-3-5-17(2)20(16)25-15-13-22-10-7-18(8-11-22)19-6-9-21-23(19)12-14-24/h3-6,9,18,24H,7-8,10-15H2,1-2H3. The lowest BCUT2D eigenvalue weighted by Gasteiger charge is -2.32. The summed E-state index contributed by atoms with van der Waals surface area (Å²) in [7, 11) is 0. The number of para-hydroxylation sites is 1. The van der Waals surface area contributed by atoms with Gasteiger partial charge >= 0.3 is 0 Å². The number of likely N-dealkylation sites (tertiary alicyclic amines) is 1. The first-order valence-electron chi connectivity index (χ1n) is 9.23. The van der Waals surface area contributed by atoms with Gasteiger partial charge in [0.05, 0.1) is 13.2 Å². The van der Waals surface area contributed by atoms with Crippen molar-refractivity contribution in [3.05, 3.63) is 47.3 Å². The topological polar surface area (TPSA) is 50.5 Å². The van der Waals surface area contributed by atoms with Gasteiger partial charge in [0.15, 0.2) is 0 Å². The molecule has 1 fully saturated rings. The van der Waals surface area contributed by atoms with E-state index in [0.717, 1.165) is 44.8 Å². The van der Waals surface area contributed by atoms with Gasteiger partial charge in [-0.3, -0.25) is 9.58 Å². The molecule has 0 spiro atoms. The molecule has 0 saturated carbocycles. The fourth-order valence-electron chi connectivity index (χ4n) is 3.73. The normalized spacial score (nSPS) is 16.3. The van der Waals surface area contributed by atoms with Gasteiger partial charge in [-0.2, -0.15) is 5.10 Å². The van der Waals surface area contributed by atoms with Crippen molar-refractivity contribution in [2.45, 2.75) is 39.2 Å². The minimum absolute atomic E-state index is 0.142. The second-order valence-corrected chi connectivity index (χ2v) is 6.89. The van der Waals surface area contributed by atoms with Crippen LogP contribution in [0, 0.1) is 13.8 Å². The van der Waals surface area contributed by atoms with Crippen molar-refractivity contribution in [3.63, 3.8) is 0 Å². The third kappa shape index (κ3) is 4.41. The number of benzene rings is 1. The number of aryl methyl sites for hydroxylation is 2. The summed E-state index contributed by atoms with van der Waals surface area (Å²) in [5.74, 6) is 1.58. The van der Waals surface area contributed by atoms with Crippen molar-refractivity contribution in [2.75, 3.05) is 32.8 Å². The second kappa shape index (κ2) is 8.50. The smallest absolute Gasteiger partial charge is 0.125 e. The van der Waals surface area contributed by atoms with Gasteiger partial charge in [0.25, 0.3) is 0 Å². The average molecular weight is 343 g/mol. The molecular weight excluding hydrogens is 314 g/mol. The number of piperidine rings is 1. The van der Waals surface area contributed by atoms with E-state index in [4.69, 9.17) is 9.84 Å². The quantitative estimate of drug-likeness (QED) is 0.840. The monoisotopic (exact) mass is 343 g/mol. The average Bonchev–Trinajstić information content (AvgIpc) is 3.07. The van der Waals surface area contributed by atoms with Crippen LogP contribution in [0.3, 0.4) is 0 Å². The Kier molecular flexibility index (Phi) is 6.10. The molecule has 1 aliphatic heterocycles. The number of rotatable bonds is 7. The van der Waals surface area contributed by atoms with E-state index < -0.39 is 0 Å². The van der Waals surface area contributed by atoms with Crippen LogP contribution in [0.2, 0.25) is 0 Å². The molecule has 3 rings (SSSR count). The van der Waals surface area contributed by atoms with Crippen LogP contribution in [-0.2, 0) is 6.54 Å². The van der Waals surface area contributed by atoms with Crippen LogP contribution >= 0.6 is 0 Å². The summed E-state index contributed by atoms with van der Waals surface area (Å²) in [6.07, 6.45) is 4.12. The van der Waals surface area contributed by atoms with E-state index in [1.807, 2.05) is 10.9 Å². The number of aliphatic hydroxyl groups is 1. The zero-order chi connectivity index (χ0) is 17.6. The highest BCUT2D eigenvalue weighted by atomic mass is 16.5. The number of ether oxygens (including phenoxy) is 1. The van der Waals surface area contributed by atoms with Gasteiger partial charge in [-0.25, -0.2) is 0 Å². The van der Waals surface area contributed by atoms with E-state index in [1.165, 1.54) is 16.8 Å². The highest BCUT2D eigenvalue weighted by molar-refractivity contribution is 5.39. The molecule has 0 unspecified atom stereocenters. The SMILES string of the molecule is Cc1cccc(C)c1OCCN1CCC(c2ccnn2CCO)CC1. The molecule has 0 radical (unpaired) electrons. The van der Waals surface area contributed by atoms with Crippen LogP contribution in [0.25, 0.3) is 0 Å². The molecule has 1 aliphatic rings. The van der Waals surface area contributed by atoms with E-state index in [2.05, 4.69) is 48.1 Å². The predicted octanol–water partition coefficient (Wildman–Crippen LogP) is 2.75. The molecule has 0 aliphatic carbocycles. The summed E-state index contributed by atoms with van der Waals surface area (Å²) in [5.41, 5.74) is 3.67. The second-order valence-electron chi connectivity index (χ2n) is 6.89. The van der Waals surface area contributed by atoms with E-state index in [9.17, 15) is 0 Å². The Morgan fingerprint density at radius 3 is 2.52 bits per heavy atom. The van der Waals surface area contributed by atoms with E-state index >= 15 is 0 Å². The van der Waals surface area contributed by atoms with Crippen LogP contribution in [0.5, 0.6) is 5.75 Å². The van der Waals surface area contributed by atoms with Crippen molar-refractivity contribution in [1.82, 2.24) is 14.7 Å². The number of aliphatic hydroxyl groups excluding tert-OH is 1. The molecule has 0 amide bonds. The fourth-order valence-corrected chi connectivity index (χ4v) is 3.73. The van der Waals surface area contributed by atoms with Gasteiger partial charge in [-0.1, -0.05) is 18.2 Å². The Labute approximate surface area is 150 Å². The number of hydrogen-bond donors (Lipinski definition) is 1. The molecule has 1 saturated heterocycles. The molecular formula is C20H29N3O2. The predicted molar refractivity (Wildman–Crippen MR) is 99.1 cm³/mol. The maximum atomic E-state index is 9.15. The molecule has 0 bridgehead atoms. The Morgan fingerprint density at radius 1 is 1.12 bits per heavy atom. The lowest BCUT2D eigenvalue weighted by atomic mass is 9.93. The van der Waals surface area contributed by atoms with Gasteiger partial charge in [0.1, 0.15) is 12.4 Å². The van der Waals surface area contributed by atoms with Gasteiger partial charge in [0.2, 0.25) is 0 Å². The zero-order valence-electron chi connectivity index (χ0n) is 15.3. The van der Waals surface area contributed by atoms with Gasteiger partial charge in [-0.05, 0) is 57.0 Å². The van der Waals surface area contributed by atoms with E-state index in [1.54, 1.807) is 0 Å². The maximum absolute atomic E-state index is 9.15. The summed E-state index contributed by atoms with van der Waals surface area (Å²) in [5, 5.41) is 13.5. The molecule has 5 heteroatoms. The summed E-state index contributed by atoms with van der Waals surface area (Å²) in [4.78, 5) is 2.48. The van der Waals surface area contributed by atoms with Gasteiger partial charge < -0.3 is 9.84 Å². The Morgan fingerprint density at radius 2 is 1.84 bits per heavy atom. The van der Waals surface area contributed by atoms with Gasteiger partial charge in [0, 0.05) is 24.4 Å². The molecule has 2 aromatic rings. The lowest BCUT2D eigenvalue weighted by Crippen LogP contribution is -2.36. The van der Waals surface area contributed by atoms with Crippen LogP contribution in [0.1, 0.15) is 35.6 Å². The maximum Gasteiger partial charge on any atom is 0.125 e. The third-order valence-corrected chi connectivity index (χ3v) is 5.13. The van der Waals surface area contributed by atoms with Crippen molar-refractivity contribution >= 4 is 0 Å². The minimum atomic E-state index is 0.142. The molecule has 1 N–H and O–H groups in total. The summed E-state index contributed by atoms with van der Waals surface area (Å²) in [6.45, 7) is 8.81. The van der Waals surface area contributed by atoms with Crippen LogP contribution in [-0.4, -0.2) is 52.6 Å². The van der Waals surface area contributed by atoms with Crippen LogP contribution in [0.15, 0.2) is 30.5 Å². The number of aromatic nitrogens is 2. The summed E-state index contributed by atoms with van der Waals surface area (Å²) < 4.78 is 7.99. The summed E-state index contributed by atoms with van der Waals surface area (Å²) >= 11 is 0. The molecule has 0 atom stereocenters. The highest BCUT2D eigenvalue weighted by Crippen LogP contribution is 2.28. The molecule has 5 nitrogen and oxygen atoms in total. The van der Waals surface area contributed by atoms with Crippen molar-refractivity contribution < 1.29 is 9.84 Å². The van der Waals surface area contributed by atoms with Crippen LogP contribution in [0.4, 0.5) is 0 Å². The largest absolute Gasteiger partial charge is 0.492 e. The van der Waals surface area contributed by atoms with E-state index in [-0.39, 0.29) is 6.61 Å². The lowest BCUT2D eigenvalue weighted by molar-refractivity contribution is 0.169. The van der Waals surface area contributed by atoms with Crippen molar-refractivity contribution in [1.29, 1.82) is 0 Å². The Balaban J connectivity index is 1.46. The Bertz CT molecular complexity index is 655. The minimum Gasteiger partial charge on any atom is -0.492 e. The molecule has 136 valence electrons. The van der Waals surface area contributed by atoms with Crippen molar-refractivity contribution in [2.24, 2.45) is 0 Å². The van der Waals surface area contributed by atoms with Crippen molar-refractivity contribution in [3.8, 4) is 5.75 Å². The molecule has 25 heavy (non-hydrogen) atoms. The first-order chi connectivity index (χ1) is 12.2. The zero-order valence-corrected chi connectivity index (χ0v) is 15.3.